The largest absolute Gasteiger partial charge is 0.342 e. The van der Waals surface area contributed by atoms with E-state index in [1.807, 2.05) is 42.8 Å². The lowest BCUT2D eigenvalue weighted by molar-refractivity contribution is 0.0937. The molecule has 0 bridgehead atoms. The predicted molar refractivity (Wildman–Crippen MR) is 98.6 cm³/mol. The number of carbonyl (C=O) groups is 1. The van der Waals surface area contributed by atoms with Crippen LogP contribution in [0.3, 0.4) is 0 Å². The van der Waals surface area contributed by atoms with Gasteiger partial charge in [-0.15, -0.1) is 0 Å². The van der Waals surface area contributed by atoms with Crippen molar-refractivity contribution < 1.29 is 4.79 Å². The Morgan fingerprint density at radius 1 is 1.32 bits per heavy atom. The zero-order valence-corrected chi connectivity index (χ0v) is 15.4. The number of aromatic amines is 1. The van der Waals surface area contributed by atoms with Crippen LogP contribution < -0.4 is 5.32 Å². The van der Waals surface area contributed by atoms with Crippen LogP contribution in [0.1, 0.15) is 62.5 Å². The second-order valence-electron chi connectivity index (χ2n) is 7.28. The SMILES string of the molecule is CCc1c(C(=O)N[C@H](C)c2nc3ccccc3[nH]2)cnn1C(C)(C)C. The minimum atomic E-state index is -0.220. The molecule has 25 heavy (non-hydrogen) atoms. The summed E-state index contributed by atoms with van der Waals surface area (Å²) in [5.74, 6) is 0.621. The van der Waals surface area contributed by atoms with Crippen LogP contribution in [0.4, 0.5) is 0 Å². The molecule has 0 fully saturated rings. The Morgan fingerprint density at radius 3 is 2.68 bits per heavy atom. The molecule has 132 valence electrons. The molecule has 2 heterocycles. The number of hydrogen-bond acceptors (Lipinski definition) is 3. The summed E-state index contributed by atoms with van der Waals surface area (Å²) in [6.07, 6.45) is 2.41. The Hall–Kier alpha value is -2.63. The lowest BCUT2D eigenvalue weighted by Crippen LogP contribution is -2.29. The molecule has 1 aromatic carbocycles. The number of hydrogen-bond donors (Lipinski definition) is 2. The van der Waals surface area contributed by atoms with E-state index in [9.17, 15) is 4.79 Å². The molecule has 6 heteroatoms. The molecule has 2 aromatic heterocycles. The van der Waals surface area contributed by atoms with E-state index in [0.29, 0.717) is 5.56 Å². The molecule has 0 saturated heterocycles. The van der Waals surface area contributed by atoms with Crippen molar-refractivity contribution in [3.05, 3.63) is 47.5 Å². The number of fused-ring (bicyclic) bond motifs is 1. The van der Waals surface area contributed by atoms with Crippen molar-refractivity contribution >= 4 is 16.9 Å². The topological polar surface area (TPSA) is 75.6 Å². The van der Waals surface area contributed by atoms with Gasteiger partial charge in [-0.25, -0.2) is 4.98 Å². The van der Waals surface area contributed by atoms with Crippen molar-refractivity contribution in [1.82, 2.24) is 25.1 Å². The molecule has 0 aliphatic heterocycles. The summed E-state index contributed by atoms with van der Waals surface area (Å²) >= 11 is 0. The second kappa shape index (κ2) is 6.35. The minimum absolute atomic E-state index is 0.125. The van der Waals surface area contributed by atoms with E-state index in [2.05, 4.69) is 41.2 Å². The van der Waals surface area contributed by atoms with Crippen molar-refractivity contribution in [2.24, 2.45) is 0 Å². The molecule has 1 atom stereocenters. The summed E-state index contributed by atoms with van der Waals surface area (Å²) in [7, 11) is 0. The summed E-state index contributed by atoms with van der Waals surface area (Å²) < 4.78 is 1.92. The Kier molecular flexibility index (Phi) is 4.37. The van der Waals surface area contributed by atoms with Crippen LogP contribution in [-0.4, -0.2) is 25.7 Å². The number of nitrogens with one attached hydrogen (secondary N) is 2. The molecule has 2 N–H and O–H groups in total. The number of aromatic nitrogens is 4. The van der Waals surface area contributed by atoms with Crippen LogP contribution in [0.2, 0.25) is 0 Å². The van der Waals surface area contributed by atoms with Gasteiger partial charge < -0.3 is 10.3 Å². The third kappa shape index (κ3) is 3.29. The average Bonchev–Trinajstić information content (AvgIpc) is 3.18. The van der Waals surface area contributed by atoms with Crippen molar-refractivity contribution in [3.63, 3.8) is 0 Å². The fourth-order valence-electron chi connectivity index (χ4n) is 3.00. The van der Waals surface area contributed by atoms with Gasteiger partial charge in [-0.2, -0.15) is 5.10 Å². The highest BCUT2D eigenvalue weighted by molar-refractivity contribution is 5.95. The van der Waals surface area contributed by atoms with E-state index in [1.165, 1.54) is 0 Å². The number of amides is 1. The molecule has 0 spiro atoms. The molecule has 3 rings (SSSR count). The molecule has 0 unspecified atom stereocenters. The Balaban J connectivity index is 1.83. The fraction of sp³-hybridized carbons (Fsp3) is 0.421. The lowest BCUT2D eigenvalue weighted by atomic mass is 10.1. The van der Waals surface area contributed by atoms with Crippen molar-refractivity contribution in [1.29, 1.82) is 0 Å². The quantitative estimate of drug-likeness (QED) is 0.763. The Labute approximate surface area is 147 Å². The highest BCUT2D eigenvalue weighted by atomic mass is 16.1. The van der Waals surface area contributed by atoms with E-state index < -0.39 is 0 Å². The van der Waals surface area contributed by atoms with Crippen LogP contribution >= 0.6 is 0 Å². The van der Waals surface area contributed by atoms with Gasteiger partial charge in [0.2, 0.25) is 0 Å². The first-order chi connectivity index (χ1) is 11.8. The average molecular weight is 339 g/mol. The Morgan fingerprint density at radius 2 is 2.04 bits per heavy atom. The van der Waals surface area contributed by atoms with Gasteiger partial charge >= 0.3 is 0 Å². The number of rotatable bonds is 4. The molecule has 0 saturated carbocycles. The minimum Gasteiger partial charge on any atom is -0.342 e. The van der Waals surface area contributed by atoms with Gasteiger partial charge in [0, 0.05) is 0 Å². The highest BCUT2D eigenvalue weighted by Gasteiger charge is 2.24. The smallest absolute Gasteiger partial charge is 0.255 e. The maximum atomic E-state index is 12.8. The summed E-state index contributed by atoms with van der Waals surface area (Å²) in [5.41, 5.74) is 3.28. The van der Waals surface area contributed by atoms with Gasteiger partial charge in [-0.05, 0) is 46.2 Å². The molecular formula is C19H25N5O. The predicted octanol–water partition coefficient (Wildman–Crippen LogP) is 3.57. The van der Waals surface area contributed by atoms with Crippen molar-refractivity contribution in [2.45, 2.75) is 52.6 Å². The van der Waals surface area contributed by atoms with Crippen LogP contribution in [0.15, 0.2) is 30.5 Å². The van der Waals surface area contributed by atoms with Gasteiger partial charge in [0.25, 0.3) is 5.91 Å². The molecule has 0 aliphatic carbocycles. The van der Waals surface area contributed by atoms with Gasteiger partial charge in [0.05, 0.1) is 40.1 Å². The van der Waals surface area contributed by atoms with E-state index >= 15 is 0 Å². The zero-order valence-electron chi connectivity index (χ0n) is 15.4. The highest BCUT2D eigenvalue weighted by Crippen LogP contribution is 2.21. The summed E-state index contributed by atoms with van der Waals surface area (Å²) in [6, 6.07) is 7.62. The normalized spacial score (nSPS) is 13.2. The van der Waals surface area contributed by atoms with Crippen molar-refractivity contribution in [3.8, 4) is 0 Å². The van der Waals surface area contributed by atoms with Crippen LogP contribution in [0.5, 0.6) is 0 Å². The Bertz CT molecular complexity index is 867. The third-order valence-corrected chi connectivity index (χ3v) is 4.25. The number of nitrogens with zero attached hydrogens (tertiary/aromatic N) is 3. The van der Waals surface area contributed by atoms with E-state index in [0.717, 1.165) is 29.0 Å². The number of para-hydroxylation sites is 2. The first-order valence-electron chi connectivity index (χ1n) is 8.64. The maximum absolute atomic E-state index is 12.8. The summed E-state index contributed by atoms with van der Waals surface area (Å²) in [6.45, 7) is 10.2. The zero-order chi connectivity index (χ0) is 18.2. The first-order valence-corrected chi connectivity index (χ1v) is 8.64. The summed E-state index contributed by atoms with van der Waals surface area (Å²) in [5, 5.41) is 7.45. The third-order valence-electron chi connectivity index (χ3n) is 4.25. The molecule has 0 aliphatic rings. The van der Waals surface area contributed by atoms with Crippen molar-refractivity contribution in [2.75, 3.05) is 0 Å². The van der Waals surface area contributed by atoms with Gasteiger partial charge in [-0.1, -0.05) is 19.1 Å². The fourth-order valence-corrected chi connectivity index (χ4v) is 3.00. The molecule has 0 radical (unpaired) electrons. The van der Waals surface area contributed by atoms with E-state index in [4.69, 9.17) is 0 Å². The number of imidazole rings is 1. The summed E-state index contributed by atoms with van der Waals surface area (Å²) in [4.78, 5) is 20.6. The molecule has 1 amide bonds. The van der Waals surface area contributed by atoms with Gasteiger partial charge in [-0.3, -0.25) is 9.48 Å². The first kappa shape index (κ1) is 17.2. The number of carbonyl (C=O) groups excluding carboxylic acids is 1. The maximum Gasteiger partial charge on any atom is 0.255 e. The van der Waals surface area contributed by atoms with Crippen LogP contribution in [0.25, 0.3) is 11.0 Å². The molecular weight excluding hydrogens is 314 g/mol. The lowest BCUT2D eigenvalue weighted by Gasteiger charge is -2.22. The van der Waals surface area contributed by atoms with Gasteiger partial charge in [0.1, 0.15) is 5.82 Å². The van der Waals surface area contributed by atoms with Gasteiger partial charge in [0.15, 0.2) is 0 Å². The second-order valence-corrected chi connectivity index (χ2v) is 7.28. The molecule has 6 nitrogen and oxygen atoms in total. The molecule has 3 aromatic rings. The van der Waals surface area contributed by atoms with Crippen LogP contribution in [-0.2, 0) is 12.0 Å². The number of benzene rings is 1. The van der Waals surface area contributed by atoms with E-state index in [-0.39, 0.29) is 17.5 Å². The van der Waals surface area contributed by atoms with E-state index in [1.54, 1.807) is 6.20 Å². The number of H-pyrrole nitrogens is 1. The van der Waals surface area contributed by atoms with Crippen LogP contribution in [0, 0.1) is 0 Å². The standard InChI is InChI=1S/C19H25N5O/c1-6-16-13(11-20-24(16)19(3,4)5)18(25)21-12(2)17-22-14-9-7-8-10-15(14)23-17/h7-12H,6H2,1-5H3,(H,21,25)(H,22,23)/t12-/m1/s1. The monoisotopic (exact) mass is 339 g/mol.